The van der Waals surface area contributed by atoms with Gasteiger partial charge in [-0.15, -0.1) is 0 Å². The molecule has 0 atom stereocenters. The van der Waals surface area contributed by atoms with Gasteiger partial charge in [0, 0.05) is 12.6 Å². The minimum Gasteiger partial charge on any atom is -0.493 e. The average molecular weight is 303 g/mol. The number of nitrogens with one attached hydrogen (secondary N) is 1. The van der Waals surface area contributed by atoms with E-state index < -0.39 is 0 Å². The molecule has 1 aromatic carbocycles. The number of amides is 1. The quantitative estimate of drug-likeness (QED) is 0.806. The molecule has 0 saturated carbocycles. The van der Waals surface area contributed by atoms with Gasteiger partial charge >= 0.3 is 0 Å². The molecule has 0 aromatic heterocycles. The van der Waals surface area contributed by atoms with Crippen LogP contribution in [0.25, 0.3) is 0 Å². The van der Waals surface area contributed by atoms with Gasteiger partial charge in [0.1, 0.15) is 5.56 Å². The molecular weight excluding hydrogens is 280 g/mol. The van der Waals surface area contributed by atoms with Crippen LogP contribution in [0.4, 0.5) is 5.69 Å². The van der Waals surface area contributed by atoms with E-state index in [1.165, 1.54) is 0 Å². The number of benzene rings is 1. The highest BCUT2D eigenvalue weighted by atomic mass is 16.5. The molecule has 1 aliphatic heterocycles. The maximum absolute atomic E-state index is 12.8. The first-order chi connectivity index (χ1) is 10.6. The van der Waals surface area contributed by atoms with Crippen LogP contribution in [0.2, 0.25) is 0 Å². The Bertz CT molecular complexity index is 608. The van der Waals surface area contributed by atoms with E-state index in [0.717, 1.165) is 24.1 Å². The largest absolute Gasteiger partial charge is 0.493 e. The van der Waals surface area contributed by atoms with Gasteiger partial charge in [0.2, 0.25) is 5.69 Å². The Morgan fingerprint density at radius 2 is 2.00 bits per heavy atom. The third-order valence-corrected chi connectivity index (χ3v) is 3.63. The molecule has 0 radical (unpaired) electrons. The third-order valence-electron chi connectivity index (χ3n) is 3.63. The Balaban J connectivity index is 2.34. The van der Waals surface area contributed by atoms with Crippen LogP contribution in [0, 0.1) is 0 Å². The molecule has 0 unspecified atom stereocenters. The summed E-state index contributed by atoms with van der Waals surface area (Å²) in [4.78, 5) is 17.7. The van der Waals surface area contributed by atoms with Crippen LogP contribution in [0.5, 0.6) is 11.5 Å². The second-order valence-electron chi connectivity index (χ2n) is 5.29. The molecule has 0 spiro atoms. The van der Waals surface area contributed by atoms with Gasteiger partial charge in [0.25, 0.3) is 5.91 Å². The monoisotopic (exact) mass is 303 g/mol. The first-order valence-corrected chi connectivity index (χ1v) is 7.40. The Labute approximate surface area is 131 Å². The highest BCUT2D eigenvalue weighted by Gasteiger charge is 2.27. The lowest BCUT2D eigenvalue weighted by Gasteiger charge is -2.20. The van der Waals surface area contributed by atoms with E-state index in [9.17, 15) is 4.79 Å². The molecule has 0 saturated heterocycles. The molecule has 22 heavy (non-hydrogen) atoms. The molecule has 1 N–H and O–H groups in total. The SMILES string of the molecule is C=C(CCC)CN1CC=[NH+]c2cc(OC)c(OC)cc2C1=O. The molecule has 1 heterocycles. The van der Waals surface area contributed by atoms with Crippen LogP contribution in [0.15, 0.2) is 24.3 Å². The standard InChI is InChI=1S/C17H22N2O3/c1-5-6-12(2)11-19-8-7-18-14-10-16(22-4)15(21-3)9-13(14)17(19)20/h7,9-10H,2,5-6,8,11H2,1,3-4H3/p+1. The Morgan fingerprint density at radius 1 is 1.32 bits per heavy atom. The van der Waals surface area contributed by atoms with Crippen LogP contribution in [-0.2, 0) is 0 Å². The third kappa shape index (κ3) is 3.30. The van der Waals surface area contributed by atoms with Crippen LogP contribution in [0.1, 0.15) is 30.1 Å². The smallest absolute Gasteiger partial charge is 0.261 e. The zero-order chi connectivity index (χ0) is 16.1. The minimum atomic E-state index is -0.0329. The number of rotatable bonds is 6. The van der Waals surface area contributed by atoms with Crippen molar-refractivity contribution in [2.45, 2.75) is 19.8 Å². The minimum absolute atomic E-state index is 0.0329. The first-order valence-electron chi connectivity index (χ1n) is 7.40. The Hall–Kier alpha value is -2.30. The number of carbonyl (C=O) groups is 1. The van der Waals surface area contributed by atoms with E-state index in [-0.39, 0.29) is 5.91 Å². The second-order valence-corrected chi connectivity index (χ2v) is 5.29. The molecule has 1 aromatic rings. The van der Waals surface area contributed by atoms with Gasteiger partial charge in [-0.1, -0.05) is 25.5 Å². The van der Waals surface area contributed by atoms with Gasteiger partial charge in [0.05, 0.1) is 26.8 Å². The van der Waals surface area contributed by atoms with Gasteiger partial charge in [-0.25, -0.2) is 4.99 Å². The molecule has 5 nitrogen and oxygen atoms in total. The fraction of sp³-hybridized carbons (Fsp3) is 0.412. The van der Waals surface area contributed by atoms with E-state index >= 15 is 0 Å². The number of fused-ring (bicyclic) bond motifs is 1. The van der Waals surface area contributed by atoms with Crippen molar-refractivity contribution in [2.75, 3.05) is 27.3 Å². The summed E-state index contributed by atoms with van der Waals surface area (Å²) in [7, 11) is 3.14. The molecule has 0 fully saturated rings. The van der Waals surface area contributed by atoms with Crippen molar-refractivity contribution >= 4 is 17.8 Å². The predicted molar refractivity (Wildman–Crippen MR) is 86.2 cm³/mol. The fourth-order valence-electron chi connectivity index (χ4n) is 2.53. The van der Waals surface area contributed by atoms with Crippen LogP contribution >= 0.6 is 0 Å². The van der Waals surface area contributed by atoms with Gasteiger partial charge in [-0.05, 0) is 6.42 Å². The maximum atomic E-state index is 12.8. The Morgan fingerprint density at radius 3 is 2.64 bits per heavy atom. The topological polar surface area (TPSA) is 52.7 Å². The zero-order valence-electron chi connectivity index (χ0n) is 13.4. The summed E-state index contributed by atoms with van der Waals surface area (Å²) >= 11 is 0. The number of carbonyl (C=O) groups excluding carboxylic acids is 1. The summed E-state index contributed by atoms with van der Waals surface area (Å²) in [6.07, 6.45) is 3.83. The van der Waals surface area contributed by atoms with Crippen molar-refractivity contribution in [3.63, 3.8) is 0 Å². The van der Waals surface area contributed by atoms with E-state index in [4.69, 9.17) is 9.47 Å². The zero-order valence-corrected chi connectivity index (χ0v) is 13.4. The highest BCUT2D eigenvalue weighted by Crippen LogP contribution is 2.32. The molecule has 2 rings (SSSR count). The van der Waals surface area contributed by atoms with Crippen molar-refractivity contribution in [3.05, 3.63) is 29.8 Å². The van der Waals surface area contributed by atoms with Crippen molar-refractivity contribution in [1.29, 1.82) is 0 Å². The number of ether oxygens (including phenoxy) is 2. The van der Waals surface area contributed by atoms with Gasteiger partial charge in [-0.2, -0.15) is 0 Å². The van der Waals surface area contributed by atoms with Gasteiger partial charge in [0.15, 0.2) is 17.7 Å². The number of methoxy groups -OCH3 is 2. The van der Waals surface area contributed by atoms with Gasteiger partial charge in [-0.3, -0.25) is 4.79 Å². The molecule has 118 valence electrons. The number of nitrogens with zero attached hydrogens (tertiary/aromatic N) is 1. The van der Waals surface area contributed by atoms with Crippen LogP contribution in [-0.4, -0.2) is 44.3 Å². The van der Waals surface area contributed by atoms with Crippen molar-refractivity contribution in [3.8, 4) is 11.5 Å². The van der Waals surface area contributed by atoms with E-state index in [2.05, 4.69) is 18.5 Å². The molecule has 1 amide bonds. The number of hydrogen-bond donors (Lipinski definition) is 1. The van der Waals surface area contributed by atoms with Crippen molar-refractivity contribution in [2.24, 2.45) is 0 Å². The Kier molecular flexibility index (Phi) is 5.20. The highest BCUT2D eigenvalue weighted by molar-refractivity contribution is 6.00. The van der Waals surface area contributed by atoms with Crippen molar-refractivity contribution in [1.82, 2.24) is 4.90 Å². The fourth-order valence-corrected chi connectivity index (χ4v) is 2.53. The van der Waals surface area contributed by atoms with E-state index in [1.807, 2.05) is 6.21 Å². The molecular formula is C17H23N2O3+. The van der Waals surface area contributed by atoms with Crippen LogP contribution in [0.3, 0.4) is 0 Å². The van der Waals surface area contributed by atoms with E-state index in [0.29, 0.717) is 30.2 Å². The summed E-state index contributed by atoms with van der Waals surface area (Å²) in [6.45, 7) is 7.25. The second kappa shape index (κ2) is 7.11. The summed E-state index contributed by atoms with van der Waals surface area (Å²) < 4.78 is 10.6. The summed E-state index contributed by atoms with van der Waals surface area (Å²) in [6, 6.07) is 3.51. The molecule has 0 aliphatic carbocycles. The maximum Gasteiger partial charge on any atom is 0.261 e. The molecule has 5 heteroatoms. The van der Waals surface area contributed by atoms with Crippen molar-refractivity contribution < 1.29 is 19.3 Å². The number of hydrogen-bond acceptors (Lipinski definition) is 3. The summed E-state index contributed by atoms with van der Waals surface area (Å²) in [5.41, 5.74) is 2.37. The first kappa shape index (κ1) is 16.1. The molecule has 1 aliphatic rings. The summed E-state index contributed by atoms with van der Waals surface area (Å²) in [5.74, 6) is 1.11. The lowest BCUT2D eigenvalue weighted by atomic mass is 10.1. The van der Waals surface area contributed by atoms with Gasteiger partial charge < -0.3 is 14.4 Å². The lowest BCUT2D eigenvalue weighted by molar-refractivity contribution is -0.348. The normalized spacial score (nSPS) is 13.6. The van der Waals surface area contributed by atoms with Crippen LogP contribution < -0.4 is 14.5 Å². The average Bonchev–Trinajstić information content (AvgIpc) is 2.66. The predicted octanol–water partition coefficient (Wildman–Crippen LogP) is 1.30. The summed E-state index contributed by atoms with van der Waals surface area (Å²) in [5, 5.41) is 0. The lowest BCUT2D eigenvalue weighted by Crippen LogP contribution is -2.62. The van der Waals surface area contributed by atoms with E-state index in [1.54, 1.807) is 31.3 Å². The molecule has 0 bridgehead atoms.